The summed E-state index contributed by atoms with van der Waals surface area (Å²) < 4.78 is 0. The van der Waals surface area contributed by atoms with Gasteiger partial charge in [-0.1, -0.05) is 24.3 Å². The van der Waals surface area contributed by atoms with Crippen molar-refractivity contribution in [1.82, 2.24) is 0 Å². The highest BCUT2D eigenvalue weighted by Crippen LogP contribution is 2.36. The monoisotopic (exact) mass is 264 g/mol. The number of benzene rings is 2. The van der Waals surface area contributed by atoms with Crippen LogP contribution in [0.1, 0.15) is 11.1 Å². The van der Waals surface area contributed by atoms with Crippen LogP contribution >= 0.6 is 0 Å². The lowest BCUT2D eigenvalue weighted by Crippen LogP contribution is -1.87. The molecular formula is C16H12N2O2. The van der Waals surface area contributed by atoms with Crippen LogP contribution in [0.4, 0.5) is 11.4 Å². The van der Waals surface area contributed by atoms with Crippen molar-refractivity contribution in [3.63, 3.8) is 0 Å². The summed E-state index contributed by atoms with van der Waals surface area (Å²) in [6.45, 7) is 3.86. The standard InChI is InChI=1S/C16H12N2O2/c1-11-5-3-4-6-14(11)15-7-13(17-9-19)8-16(12(15)2)18-10-20/h3-8H,1-2H3. The minimum atomic E-state index is 0.415. The molecule has 0 heterocycles. The molecule has 0 saturated carbocycles. The lowest BCUT2D eigenvalue weighted by atomic mass is 9.95. The van der Waals surface area contributed by atoms with Gasteiger partial charge in [-0.15, -0.1) is 0 Å². The zero-order valence-corrected chi connectivity index (χ0v) is 11.2. The summed E-state index contributed by atoms with van der Waals surface area (Å²) in [6.07, 6.45) is 3.02. The van der Waals surface area contributed by atoms with Crippen molar-refractivity contribution in [2.75, 3.05) is 0 Å². The first-order chi connectivity index (χ1) is 9.67. The van der Waals surface area contributed by atoms with Crippen molar-refractivity contribution in [2.45, 2.75) is 13.8 Å². The first kappa shape index (κ1) is 13.6. The van der Waals surface area contributed by atoms with Crippen LogP contribution in [-0.4, -0.2) is 12.2 Å². The summed E-state index contributed by atoms with van der Waals surface area (Å²) in [7, 11) is 0. The van der Waals surface area contributed by atoms with Crippen LogP contribution in [0.2, 0.25) is 0 Å². The van der Waals surface area contributed by atoms with E-state index in [0.717, 1.165) is 22.3 Å². The van der Waals surface area contributed by atoms with Gasteiger partial charge in [0.1, 0.15) is 0 Å². The number of rotatable bonds is 3. The molecule has 0 atom stereocenters. The molecule has 0 aliphatic carbocycles. The predicted octanol–water partition coefficient (Wildman–Crippen LogP) is 3.91. The minimum Gasteiger partial charge on any atom is -0.211 e. The fraction of sp³-hybridized carbons (Fsp3) is 0.125. The van der Waals surface area contributed by atoms with Gasteiger partial charge in [-0.05, 0) is 48.2 Å². The summed E-state index contributed by atoms with van der Waals surface area (Å²) in [5.74, 6) is 0. The number of aryl methyl sites for hydroxylation is 1. The van der Waals surface area contributed by atoms with Crippen LogP contribution in [0.3, 0.4) is 0 Å². The Kier molecular flexibility index (Phi) is 4.02. The second-order valence-corrected chi connectivity index (χ2v) is 4.36. The van der Waals surface area contributed by atoms with E-state index in [1.54, 1.807) is 12.1 Å². The molecule has 2 rings (SSSR count). The van der Waals surface area contributed by atoms with Crippen LogP contribution in [0.5, 0.6) is 0 Å². The summed E-state index contributed by atoms with van der Waals surface area (Å²) in [5, 5.41) is 0. The molecular weight excluding hydrogens is 252 g/mol. The molecule has 0 bridgehead atoms. The van der Waals surface area contributed by atoms with Crippen molar-refractivity contribution in [2.24, 2.45) is 9.98 Å². The molecule has 2 aromatic rings. The molecule has 20 heavy (non-hydrogen) atoms. The van der Waals surface area contributed by atoms with Gasteiger partial charge in [-0.3, -0.25) is 0 Å². The van der Waals surface area contributed by atoms with E-state index in [2.05, 4.69) is 9.98 Å². The Morgan fingerprint density at radius 1 is 0.900 bits per heavy atom. The fourth-order valence-corrected chi connectivity index (χ4v) is 2.12. The molecule has 0 amide bonds. The lowest BCUT2D eigenvalue weighted by molar-refractivity contribution is 0.565. The largest absolute Gasteiger partial charge is 0.240 e. The zero-order chi connectivity index (χ0) is 14.5. The van der Waals surface area contributed by atoms with E-state index in [4.69, 9.17) is 0 Å². The second kappa shape index (κ2) is 5.89. The van der Waals surface area contributed by atoms with E-state index >= 15 is 0 Å². The predicted molar refractivity (Wildman–Crippen MR) is 76.9 cm³/mol. The quantitative estimate of drug-likeness (QED) is 0.623. The second-order valence-electron chi connectivity index (χ2n) is 4.36. The highest BCUT2D eigenvalue weighted by atomic mass is 16.1. The molecule has 0 unspecified atom stereocenters. The minimum absolute atomic E-state index is 0.415. The van der Waals surface area contributed by atoms with E-state index in [0.29, 0.717) is 11.4 Å². The van der Waals surface area contributed by atoms with E-state index in [1.807, 2.05) is 38.1 Å². The van der Waals surface area contributed by atoms with Gasteiger partial charge in [-0.25, -0.2) is 9.59 Å². The third-order valence-corrected chi connectivity index (χ3v) is 3.14. The van der Waals surface area contributed by atoms with Crippen LogP contribution in [0.25, 0.3) is 11.1 Å². The maximum Gasteiger partial charge on any atom is 0.240 e. The molecule has 2 aromatic carbocycles. The van der Waals surface area contributed by atoms with Crippen molar-refractivity contribution >= 4 is 23.5 Å². The van der Waals surface area contributed by atoms with Gasteiger partial charge < -0.3 is 0 Å². The number of isocyanates is 2. The average molecular weight is 264 g/mol. The van der Waals surface area contributed by atoms with E-state index in [-0.39, 0.29) is 0 Å². The highest BCUT2D eigenvalue weighted by Gasteiger charge is 2.10. The molecule has 4 nitrogen and oxygen atoms in total. The molecule has 0 radical (unpaired) electrons. The SMILES string of the molecule is Cc1ccccc1-c1cc(N=C=O)cc(N=C=O)c1C. The summed E-state index contributed by atoms with van der Waals surface area (Å²) in [6, 6.07) is 11.2. The Morgan fingerprint density at radius 2 is 1.60 bits per heavy atom. The van der Waals surface area contributed by atoms with Gasteiger partial charge in [-0.2, -0.15) is 9.98 Å². The van der Waals surface area contributed by atoms with E-state index < -0.39 is 0 Å². The maximum absolute atomic E-state index is 10.5. The van der Waals surface area contributed by atoms with Crippen molar-refractivity contribution < 1.29 is 9.59 Å². The molecule has 98 valence electrons. The lowest BCUT2D eigenvalue weighted by Gasteiger charge is -2.11. The van der Waals surface area contributed by atoms with Crippen LogP contribution in [-0.2, 0) is 9.59 Å². The van der Waals surface area contributed by atoms with Gasteiger partial charge in [0, 0.05) is 0 Å². The number of nitrogens with zero attached hydrogens (tertiary/aromatic N) is 2. The van der Waals surface area contributed by atoms with Gasteiger partial charge in [0.05, 0.1) is 11.4 Å². The average Bonchev–Trinajstić information content (AvgIpc) is 2.44. The summed E-state index contributed by atoms with van der Waals surface area (Å²) in [4.78, 5) is 28.2. The molecule has 0 aliphatic rings. The maximum atomic E-state index is 10.5. The Hall–Kier alpha value is -2.80. The highest BCUT2D eigenvalue weighted by molar-refractivity contribution is 5.79. The topological polar surface area (TPSA) is 58.9 Å². The van der Waals surface area contributed by atoms with Crippen LogP contribution in [0, 0.1) is 13.8 Å². The Balaban J connectivity index is 2.78. The normalized spacial score (nSPS) is 9.50. The number of carbonyl (C=O) groups excluding carboxylic acids is 2. The van der Waals surface area contributed by atoms with Crippen LogP contribution in [0.15, 0.2) is 46.4 Å². The van der Waals surface area contributed by atoms with E-state index in [1.165, 1.54) is 12.2 Å². The van der Waals surface area contributed by atoms with Gasteiger partial charge in [0.15, 0.2) is 0 Å². The molecule has 0 aromatic heterocycles. The Labute approximate surface area is 116 Å². The van der Waals surface area contributed by atoms with Crippen molar-refractivity contribution in [3.8, 4) is 11.1 Å². The number of hydrogen-bond acceptors (Lipinski definition) is 4. The zero-order valence-electron chi connectivity index (χ0n) is 11.2. The van der Waals surface area contributed by atoms with Crippen molar-refractivity contribution in [1.29, 1.82) is 0 Å². The molecule has 0 aliphatic heterocycles. The van der Waals surface area contributed by atoms with E-state index in [9.17, 15) is 9.59 Å². The van der Waals surface area contributed by atoms with Crippen molar-refractivity contribution in [3.05, 3.63) is 47.5 Å². The van der Waals surface area contributed by atoms with Gasteiger partial charge in [0.25, 0.3) is 0 Å². The molecule has 0 saturated heterocycles. The summed E-state index contributed by atoms with van der Waals surface area (Å²) in [5.41, 5.74) is 4.69. The molecule has 4 heteroatoms. The first-order valence-electron chi connectivity index (χ1n) is 6.03. The smallest absolute Gasteiger partial charge is 0.211 e. The molecule has 0 spiro atoms. The number of hydrogen-bond donors (Lipinski definition) is 0. The Morgan fingerprint density at radius 3 is 2.25 bits per heavy atom. The van der Waals surface area contributed by atoms with Gasteiger partial charge in [0.2, 0.25) is 12.2 Å². The third-order valence-electron chi connectivity index (χ3n) is 3.14. The third kappa shape index (κ3) is 2.62. The summed E-state index contributed by atoms with van der Waals surface area (Å²) >= 11 is 0. The Bertz CT molecular complexity index is 753. The van der Waals surface area contributed by atoms with Gasteiger partial charge >= 0.3 is 0 Å². The molecule has 0 N–H and O–H groups in total. The number of aliphatic imine (C=N–C) groups is 2. The fourth-order valence-electron chi connectivity index (χ4n) is 2.12. The first-order valence-corrected chi connectivity index (χ1v) is 6.03. The molecule has 0 fully saturated rings. The van der Waals surface area contributed by atoms with Crippen LogP contribution < -0.4 is 0 Å².